The van der Waals surface area contributed by atoms with E-state index in [9.17, 15) is 4.79 Å². The number of nitrogens with one attached hydrogen (secondary N) is 2. The summed E-state index contributed by atoms with van der Waals surface area (Å²) in [5.41, 5.74) is 4.22. The highest BCUT2D eigenvalue weighted by atomic mass is 32.1. The lowest BCUT2D eigenvalue weighted by Gasteiger charge is -2.06. The van der Waals surface area contributed by atoms with Gasteiger partial charge in [-0.15, -0.1) is 0 Å². The number of carbonyl (C=O) groups excluding carboxylic acids is 1. The van der Waals surface area contributed by atoms with Gasteiger partial charge in [0.2, 0.25) is 0 Å². The molecule has 0 radical (unpaired) electrons. The van der Waals surface area contributed by atoms with Crippen LogP contribution in [0.4, 0.5) is 5.13 Å². The minimum Gasteiger partial charge on any atom is -0.493 e. The predicted molar refractivity (Wildman–Crippen MR) is 101 cm³/mol. The second-order valence-corrected chi connectivity index (χ2v) is 6.13. The van der Waals surface area contributed by atoms with Crippen LogP contribution in [0.3, 0.4) is 0 Å². The van der Waals surface area contributed by atoms with Crippen LogP contribution in [-0.4, -0.2) is 30.3 Å². The molecule has 1 heterocycles. The zero-order valence-corrected chi connectivity index (χ0v) is 14.5. The van der Waals surface area contributed by atoms with E-state index in [0.717, 1.165) is 21.5 Å². The molecule has 0 spiro atoms. The van der Waals surface area contributed by atoms with Crippen molar-refractivity contribution in [1.29, 1.82) is 0 Å². The first kappa shape index (κ1) is 16.9. The molecule has 1 amide bonds. The van der Waals surface area contributed by atoms with Gasteiger partial charge in [-0.2, -0.15) is 5.10 Å². The number of nitrogens with zero attached hydrogens (tertiary/aromatic N) is 2. The number of ether oxygens (including phenoxy) is 1. The average molecular weight is 354 g/mol. The van der Waals surface area contributed by atoms with E-state index in [0.29, 0.717) is 11.7 Å². The molecule has 0 aliphatic rings. The zero-order valence-electron chi connectivity index (χ0n) is 13.7. The standard InChI is InChI=1S/C18H18N4O2S/c1-2-24-15-9-5-3-7-13(15)11-20-22-17(23)12-19-18-21-14-8-4-6-10-16(14)25-18/h3-11H,2,12H2,1H3,(H,19,21)(H,22,23)/b20-11-. The van der Waals surface area contributed by atoms with Crippen LogP contribution in [0.5, 0.6) is 5.75 Å². The Balaban J connectivity index is 1.52. The van der Waals surface area contributed by atoms with E-state index in [-0.39, 0.29) is 12.5 Å². The number of para-hydroxylation sites is 2. The molecule has 25 heavy (non-hydrogen) atoms. The number of hydrogen-bond donors (Lipinski definition) is 2. The smallest absolute Gasteiger partial charge is 0.259 e. The van der Waals surface area contributed by atoms with Crippen molar-refractivity contribution in [2.45, 2.75) is 6.92 Å². The molecule has 3 rings (SSSR count). The molecule has 6 nitrogen and oxygen atoms in total. The molecule has 0 fully saturated rings. The molecule has 0 bridgehead atoms. The molecule has 0 atom stereocenters. The van der Waals surface area contributed by atoms with Crippen LogP contribution in [0.25, 0.3) is 10.2 Å². The summed E-state index contributed by atoms with van der Waals surface area (Å²) < 4.78 is 6.59. The molecule has 3 aromatic rings. The molecule has 2 N–H and O–H groups in total. The Morgan fingerprint density at radius 3 is 2.88 bits per heavy atom. The van der Waals surface area contributed by atoms with Crippen molar-refractivity contribution in [1.82, 2.24) is 10.4 Å². The van der Waals surface area contributed by atoms with Crippen LogP contribution >= 0.6 is 11.3 Å². The number of hydrazone groups is 1. The van der Waals surface area contributed by atoms with E-state index in [1.807, 2.05) is 55.5 Å². The van der Waals surface area contributed by atoms with Gasteiger partial charge in [0.15, 0.2) is 5.13 Å². The predicted octanol–water partition coefficient (Wildman–Crippen LogP) is 3.26. The number of aromatic nitrogens is 1. The monoisotopic (exact) mass is 354 g/mol. The Hall–Kier alpha value is -2.93. The van der Waals surface area contributed by atoms with Crippen molar-refractivity contribution in [2.75, 3.05) is 18.5 Å². The Morgan fingerprint density at radius 2 is 2.04 bits per heavy atom. The van der Waals surface area contributed by atoms with Crippen molar-refractivity contribution in [3.63, 3.8) is 0 Å². The van der Waals surface area contributed by atoms with Crippen molar-refractivity contribution in [3.8, 4) is 5.75 Å². The third-order valence-electron chi connectivity index (χ3n) is 3.31. The maximum Gasteiger partial charge on any atom is 0.259 e. The number of rotatable bonds is 7. The summed E-state index contributed by atoms with van der Waals surface area (Å²) in [6, 6.07) is 15.4. The first-order chi connectivity index (χ1) is 12.3. The van der Waals surface area contributed by atoms with Gasteiger partial charge in [0.1, 0.15) is 5.75 Å². The molecule has 0 aliphatic heterocycles. The maximum absolute atomic E-state index is 11.9. The van der Waals surface area contributed by atoms with Gasteiger partial charge in [-0.25, -0.2) is 10.4 Å². The lowest BCUT2D eigenvalue weighted by molar-refractivity contribution is -0.119. The largest absolute Gasteiger partial charge is 0.493 e. The Labute approximate surface area is 149 Å². The summed E-state index contributed by atoms with van der Waals surface area (Å²) in [6.45, 7) is 2.59. The van der Waals surface area contributed by atoms with Crippen LogP contribution in [0.15, 0.2) is 53.6 Å². The molecule has 0 aliphatic carbocycles. The summed E-state index contributed by atoms with van der Waals surface area (Å²) >= 11 is 1.51. The van der Waals surface area contributed by atoms with Crippen LogP contribution in [0.1, 0.15) is 12.5 Å². The van der Waals surface area contributed by atoms with E-state index in [1.54, 1.807) is 6.21 Å². The highest BCUT2D eigenvalue weighted by Gasteiger charge is 2.05. The first-order valence-electron chi connectivity index (χ1n) is 7.89. The number of amides is 1. The highest BCUT2D eigenvalue weighted by molar-refractivity contribution is 7.22. The maximum atomic E-state index is 11.9. The topological polar surface area (TPSA) is 75.6 Å². The van der Waals surface area contributed by atoms with Gasteiger partial charge in [-0.05, 0) is 31.2 Å². The molecule has 0 saturated carbocycles. The number of fused-ring (bicyclic) bond motifs is 1. The fourth-order valence-electron chi connectivity index (χ4n) is 2.19. The van der Waals surface area contributed by atoms with E-state index in [1.165, 1.54) is 11.3 Å². The molecule has 2 aromatic carbocycles. The fraction of sp³-hybridized carbons (Fsp3) is 0.167. The molecule has 1 aromatic heterocycles. The zero-order chi connectivity index (χ0) is 17.5. The lowest BCUT2D eigenvalue weighted by atomic mass is 10.2. The van der Waals surface area contributed by atoms with E-state index >= 15 is 0 Å². The summed E-state index contributed by atoms with van der Waals surface area (Å²) in [4.78, 5) is 16.3. The minimum atomic E-state index is -0.246. The van der Waals surface area contributed by atoms with Gasteiger partial charge in [0.05, 0.1) is 29.6 Å². The number of hydrogen-bond acceptors (Lipinski definition) is 6. The average Bonchev–Trinajstić information content (AvgIpc) is 3.05. The molecule has 0 saturated heterocycles. The normalized spacial score (nSPS) is 10.9. The van der Waals surface area contributed by atoms with Gasteiger partial charge < -0.3 is 10.1 Å². The van der Waals surface area contributed by atoms with Gasteiger partial charge in [0, 0.05) is 5.56 Å². The highest BCUT2D eigenvalue weighted by Crippen LogP contribution is 2.24. The third kappa shape index (κ3) is 4.54. The number of anilines is 1. The van der Waals surface area contributed by atoms with Gasteiger partial charge in [0.25, 0.3) is 5.91 Å². The number of thiazole rings is 1. The van der Waals surface area contributed by atoms with E-state index in [4.69, 9.17) is 4.74 Å². The van der Waals surface area contributed by atoms with Crippen LogP contribution in [-0.2, 0) is 4.79 Å². The summed E-state index contributed by atoms with van der Waals surface area (Å²) in [7, 11) is 0. The van der Waals surface area contributed by atoms with Crippen LogP contribution in [0, 0.1) is 0 Å². The fourth-order valence-corrected chi connectivity index (χ4v) is 3.05. The second-order valence-electron chi connectivity index (χ2n) is 5.10. The van der Waals surface area contributed by atoms with Gasteiger partial charge in [-0.3, -0.25) is 4.79 Å². The molecule has 7 heteroatoms. The van der Waals surface area contributed by atoms with Crippen LogP contribution < -0.4 is 15.5 Å². The molecular formula is C18H18N4O2S. The van der Waals surface area contributed by atoms with E-state index in [2.05, 4.69) is 20.8 Å². The lowest BCUT2D eigenvalue weighted by Crippen LogP contribution is -2.25. The summed E-state index contributed by atoms with van der Waals surface area (Å²) in [5, 5.41) is 7.70. The van der Waals surface area contributed by atoms with Crippen molar-refractivity contribution >= 4 is 38.8 Å². The van der Waals surface area contributed by atoms with E-state index < -0.39 is 0 Å². The Bertz CT molecular complexity index is 858. The second kappa shape index (κ2) is 8.25. The van der Waals surface area contributed by atoms with Crippen molar-refractivity contribution in [3.05, 3.63) is 54.1 Å². The summed E-state index contributed by atoms with van der Waals surface area (Å²) in [6.07, 6.45) is 1.57. The molecule has 128 valence electrons. The van der Waals surface area contributed by atoms with Gasteiger partial charge >= 0.3 is 0 Å². The molecule has 0 unspecified atom stereocenters. The Kier molecular flexibility index (Phi) is 5.58. The number of benzene rings is 2. The first-order valence-corrected chi connectivity index (χ1v) is 8.71. The quantitative estimate of drug-likeness (QED) is 0.504. The van der Waals surface area contributed by atoms with Crippen molar-refractivity contribution in [2.24, 2.45) is 5.10 Å². The Morgan fingerprint density at radius 1 is 1.24 bits per heavy atom. The molecular weight excluding hydrogens is 336 g/mol. The van der Waals surface area contributed by atoms with Crippen molar-refractivity contribution < 1.29 is 9.53 Å². The van der Waals surface area contributed by atoms with Gasteiger partial charge in [-0.1, -0.05) is 35.6 Å². The summed E-state index contributed by atoms with van der Waals surface area (Å²) in [5.74, 6) is 0.486. The minimum absolute atomic E-state index is 0.101. The third-order valence-corrected chi connectivity index (χ3v) is 4.30. The SMILES string of the molecule is CCOc1ccccc1/C=N\NC(=O)CNc1nc2ccccc2s1. The van der Waals surface area contributed by atoms with Crippen LogP contribution in [0.2, 0.25) is 0 Å². The number of carbonyl (C=O) groups is 1.